The van der Waals surface area contributed by atoms with Crippen LogP contribution in [0.4, 0.5) is 5.69 Å². The number of hydrogen-bond donors (Lipinski definition) is 2. The molecule has 4 N–H and O–H groups in total. The van der Waals surface area contributed by atoms with Crippen LogP contribution in [-0.4, -0.2) is 129 Å². The number of fused-ring (bicyclic) bond motifs is 2. The molecular formula is C37H51BrClN5O6S. The molecule has 3 aliphatic heterocycles. The van der Waals surface area contributed by atoms with Gasteiger partial charge in [-0.25, -0.2) is 4.99 Å². The van der Waals surface area contributed by atoms with Crippen molar-refractivity contribution in [3.63, 3.8) is 0 Å². The highest BCUT2D eigenvalue weighted by molar-refractivity contribution is 9.10. The zero-order chi connectivity index (χ0) is 34.6. The summed E-state index contributed by atoms with van der Waals surface area (Å²) >= 11 is 5.21. The molecule has 1 amide bonds. The van der Waals surface area contributed by atoms with Gasteiger partial charge in [0, 0.05) is 60.7 Å². The maximum atomic E-state index is 12.6. The number of nitrogens with one attached hydrogen (secondary N) is 1. The van der Waals surface area contributed by atoms with Gasteiger partial charge in [-0.2, -0.15) is 0 Å². The summed E-state index contributed by atoms with van der Waals surface area (Å²) in [6, 6.07) is 20.9. The number of aliphatic imine (C=N–C) groups is 1. The zero-order valence-electron chi connectivity index (χ0n) is 29.6. The first-order valence-corrected chi connectivity index (χ1v) is 18.6. The molecule has 0 unspecified atom stereocenters. The molecule has 0 aliphatic carbocycles. The average Bonchev–Trinajstić information content (AvgIpc) is 3.53. The Labute approximate surface area is 320 Å². The van der Waals surface area contributed by atoms with Gasteiger partial charge in [0.25, 0.3) is 5.91 Å². The van der Waals surface area contributed by atoms with Gasteiger partial charge in [0.2, 0.25) is 0 Å². The van der Waals surface area contributed by atoms with Gasteiger partial charge in [0.05, 0.1) is 44.2 Å². The predicted octanol–water partition coefficient (Wildman–Crippen LogP) is 5.13. The van der Waals surface area contributed by atoms with Crippen molar-refractivity contribution in [1.82, 2.24) is 20.0 Å². The summed E-state index contributed by atoms with van der Waals surface area (Å²) in [5, 5.41) is 11.8. The van der Waals surface area contributed by atoms with E-state index in [0.29, 0.717) is 42.9 Å². The Bertz CT molecular complexity index is 1580. The Morgan fingerprint density at radius 1 is 0.980 bits per heavy atom. The number of halogens is 2. The van der Waals surface area contributed by atoms with Crippen molar-refractivity contribution in [1.29, 1.82) is 0 Å². The lowest BCUT2D eigenvalue weighted by atomic mass is 10.1. The number of carbonyl (C=O) groups excluding carboxylic acids is 1. The van der Waals surface area contributed by atoms with Crippen LogP contribution in [0.25, 0.3) is 0 Å². The number of likely N-dealkylation sites (tertiary alicyclic amines) is 1. The second kappa shape index (κ2) is 21.6. The molecule has 3 heterocycles. The molecule has 11 nitrogen and oxygen atoms in total. The maximum Gasteiger partial charge on any atom is 0.258 e. The van der Waals surface area contributed by atoms with E-state index in [0.717, 1.165) is 68.2 Å². The van der Waals surface area contributed by atoms with E-state index < -0.39 is 0 Å². The van der Waals surface area contributed by atoms with Crippen LogP contribution in [0.1, 0.15) is 35.7 Å². The smallest absolute Gasteiger partial charge is 0.258 e. The summed E-state index contributed by atoms with van der Waals surface area (Å²) in [5.41, 5.74) is 2.70. The molecular weight excluding hydrogens is 758 g/mol. The third-order valence-corrected chi connectivity index (χ3v) is 10.8. The van der Waals surface area contributed by atoms with Crippen LogP contribution in [0.2, 0.25) is 0 Å². The second-order valence-corrected chi connectivity index (χ2v) is 13.9. The predicted molar refractivity (Wildman–Crippen MR) is 210 cm³/mol. The van der Waals surface area contributed by atoms with E-state index >= 15 is 0 Å². The quantitative estimate of drug-likeness (QED) is 0.253. The molecule has 2 saturated heterocycles. The first-order valence-electron chi connectivity index (χ1n) is 17.0. The number of aliphatic hydroxyl groups is 1. The molecule has 1 atom stereocenters. The molecule has 6 rings (SSSR count). The Kier molecular flexibility index (Phi) is 18.0. The molecule has 51 heavy (non-hydrogen) atoms. The molecule has 2 fully saturated rings. The van der Waals surface area contributed by atoms with E-state index in [-0.39, 0.29) is 30.4 Å². The van der Waals surface area contributed by atoms with Gasteiger partial charge in [0.1, 0.15) is 22.9 Å². The third-order valence-electron chi connectivity index (χ3n) is 9.02. The standard InChI is InChI=1S/C21H25N3O2S.C16H23BrN2O3.ClH.H2O/c25-14-16-26-15-13-23-9-11-24(12-10-23)21-17-5-1-3-7-19(17)27-20-8-4-2-6-18(20)22-21;1-4-19-9-5-6-11(19)10-18-16(20)14-13(21-2)8-7-12(17)15(14)22-3;;/h1-8,25H,9-16H2;7-8,11H,4-6,9-10H2,1-3H3,(H,18,20);1H;1H2/t;11-;;/m.0../s1. The normalized spacial score (nSPS) is 16.9. The number of benzene rings is 3. The van der Waals surface area contributed by atoms with Crippen molar-refractivity contribution in [2.45, 2.75) is 35.6 Å². The van der Waals surface area contributed by atoms with Gasteiger partial charge >= 0.3 is 0 Å². The van der Waals surface area contributed by atoms with E-state index in [4.69, 9.17) is 24.3 Å². The SMILES string of the molecule is CCN1CCC[C@H]1CNC(=O)c1c(OC)ccc(Br)c1OC.Cl.O.OCCOCCN1CCN(C2=Nc3ccccc3Sc3ccccc32)CC1. The molecule has 14 heteroatoms. The molecule has 3 aliphatic rings. The fourth-order valence-corrected chi connectivity index (χ4v) is 7.93. The number of amidine groups is 1. The lowest BCUT2D eigenvalue weighted by molar-refractivity contribution is 0.0652. The number of para-hydroxylation sites is 1. The van der Waals surface area contributed by atoms with Crippen LogP contribution in [0.15, 0.2) is 79.9 Å². The minimum absolute atomic E-state index is 0. The Morgan fingerprint density at radius 2 is 1.71 bits per heavy atom. The number of methoxy groups -OCH3 is 2. The van der Waals surface area contributed by atoms with Crippen LogP contribution in [0.5, 0.6) is 11.5 Å². The number of carbonyl (C=O) groups is 1. The molecule has 3 aromatic carbocycles. The van der Waals surface area contributed by atoms with Crippen molar-refractivity contribution >= 4 is 57.5 Å². The highest BCUT2D eigenvalue weighted by atomic mass is 79.9. The first-order chi connectivity index (χ1) is 24.0. The number of amides is 1. The van der Waals surface area contributed by atoms with Crippen molar-refractivity contribution in [2.75, 3.05) is 86.4 Å². The minimum Gasteiger partial charge on any atom is -0.496 e. The second-order valence-electron chi connectivity index (χ2n) is 12.0. The summed E-state index contributed by atoms with van der Waals surface area (Å²) < 4.78 is 16.8. The number of likely N-dealkylation sites (N-methyl/N-ethyl adjacent to an activating group) is 1. The van der Waals surface area contributed by atoms with E-state index in [2.05, 4.69) is 91.4 Å². The fraction of sp³-hybridized carbons (Fsp3) is 0.459. The summed E-state index contributed by atoms with van der Waals surface area (Å²) in [7, 11) is 3.10. The van der Waals surface area contributed by atoms with Crippen LogP contribution >= 0.6 is 40.1 Å². The first kappa shape index (κ1) is 42.5. The van der Waals surface area contributed by atoms with Crippen molar-refractivity contribution in [3.8, 4) is 11.5 Å². The third kappa shape index (κ3) is 11.1. The number of piperazine rings is 1. The largest absolute Gasteiger partial charge is 0.496 e. The van der Waals surface area contributed by atoms with Crippen molar-refractivity contribution in [2.24, 2.45) is 4.99 Å². The topological polar surface area (TPSA) is 131 Å². The van der Waals surface area contributed by atoms with Crippen LogP contribution < -0.4 is 14.8 Å². The highest BCUT2D eigenvalue weighted by Crippen LogP contribution is 2.40. The van der Waals surface area contributed by atoms with Gasteiger partial charge < -0.3 is 35.0 Å². The van der Waals surface area contributed by atoms with Crippen LogP contribution in [-0.2, 0) is 4.74 Å². The lowest BCUT2D eigenvalue weighted by Gasteiger charge is -2.36. The maximum absolute atomic E-state index is 12.6. The molecule has 0 radical (unpaired) electrons. The van der Waals surface area contributed by atoms with E-state index in [9.17, 15) is 4.79 Å². The number of ether oxygens (including phenoxy) is 3. The van der Waals surface area contributed by atoms with Gasteiger partial charge in [-0.1, -0.05) is 49.0 Å². The number of nitrogens with zero attached hydrogens (tertiary/aromatic N) is 4. The molecule has 0 saturated carbocycles. The van der Waals surface area contributed by atoms with Gasteiger partial charge in [-0.3, -0.25) is 14.6 Å². The summed E-state index contributed by atoms with van der Waals surface area (Å²) in [6.07, 6.45) is 2.32. The molecule has 0 spiro atoms. The minimum atomic E-state index is -0.169. The monoisotopic (exact) mass is 807 g/mol. The van der Waals surface area contributed by atoms with Gasteiger partial charge in [-0.05, 0) is 72.2 Å². The average molecular weight is 809 g/mol. The van der Waals surface area contributed by atoms with Crippen LogP contribution in [0.3, 0.4) is 0 Å². The molecule has 280 valence electrons. The highest BCUT2D eigenvalue weighted by Gasteiger charge is 2.27. The molecule has 0 bridgehead atoms. The summed E-state index contributed by atoms with van der Waals surface area (Å²) in [5.74, 6) is 1.92. The van der Waals surface area contributed by atoms with Crippen LogP contribution in [0, 0.1) is 0 Å². The Morgan fingerprint density at radius 3 is 2.41 bits per heavy atom. The fourth-order valence-electron chi connectivity index (χ4n) is 6.42. The lowest BCUT2D eigenvalue weighted by Crippen LogP contribution is -2.49. The van der Waals surface area contributed by atoms with E-state index in [1.54, 1.807) is 32.0 Å². The van der Waals surface area contributed by atoms with Crippen molar-refractivity contribution < 1.29 is 29.6 Å². The Balaban J connectivity index is 0.000000271. The Hall–Kier alpha value is -2.88. The van der Waals surface area contributed by atoms with E-state index in [1.165, 1.54) is 21.8 Å². The number of hydrogen-bond acceptors (Lipinski definition) is 10. The van der Waals surface area contributed by atoms with E-state index in [1.807, 2.05) is 6.07 Å². The van der Waals surface area contributed by atoms with Crippen molar-refractivity contribution in [3.05, 3.63) is 76.3 Å². The molecule has 3 aromatic rings. The number of aliphatic hydroxyl groups excluding tert-OH is 1. The zero-order valence-corrected chi connectivity index (χ0v) is 32.8. The molecule has 0 aromatic heterocycles. The number of rotatable bonds is 11. The summed E-state index contributed by atoms with van der Waals surface area (Å²) in [6.45, 7) is 10.9. The summed E-state index contributed by atoms with van der Waals surface area (Å²) in [4.78, 5) is 27.4. The van der Waals surface area contributed by atoms with Gasteiger partial charge in [-0.15, -0.1) is 12.4 Å². The van der Waals surface area contributed by atoms with Gasteiger partial charge in [0.15, 0.2) is 0 Å².